The normalized spacial score (nSPS) is 19.9. The van der Waals surface area contributed by atoms with Crippen molar-refractivity contribution < 1.29 is 23.0 Å². The van der Waals surface area contributed by atoms with E-state index in [1.54, 1.807) is 4.90 Å². The summed E-state index contributed by atoms with van der Waals surface area (Å²) < 4.78 is 39.6. The van der Waals surface area contributed by atoms with Gasteiger partial charge in [-0.15, -0.1) is 0 Å². The van der Waals surface area contributed by atoms with Crippen molar-refractivity contribution in [3.05, 3.63) is 51.1 Å². The second-order valence-corrected chi connectivity index (χ2v) is 10.9. The van der Waals surface area contributed by atoms with Gasteiger partial charge in [0.2, 0.25) is 0 Å². The number of benzene rings is 1. The zero-order valence-electron chi connectivity index (χ0n) is 20.6. The number of aromatic nitrogens is 1. The third-order valence-corrected chi connectivity index (χ3v) is 6.90. The number of nitrogens with zero attached hydrogens (tertiary/aromatic N) is 3. The molecule has 1 atom stereocenters. The first kappa shape index (κ1) is 25.2. The molecule has 1 amide bonds. The molecule has 37 heavy (non-hydrogen) atoms. The molecular weight excluding hydrogens is 506 g/mol. The number of hydrogen-bond donors (Lipinski definition) is 3. The number of pyridine rings is 1. The van der Waals surface area contributed by atoms with Crippen molar-refractivity contribution in [2.24, 2.45) is 5.73 Å². The van der Waals surface area contributed by atoms with Crippen molar-refractivity contribution in [2.45, 2.75) is 44.6 Å². The number of hydrogen-bond acceptors (Lipinski definition) is 7. The Morgan fingerprint density at radius 3 is 2.62 bits per heavy atom. The predicted octanol–water partition coefficient (Wildman–Crippen LogP) is 2.61. The molecule has 0 saturated carbocycles. The SMILES string of the molecule is CC(C)(C)OC(=O)N1CCC12CN(C1C=c3c(Nc4cc(Cl)c(F)cc4F)cc(C(=N)N)nc3=CO1)C2. The molecule has 5 rings (SSSR count). The second-order valence-electron chi connectivity index (χ2n) is 10.5. The lowest BCUT2D eigenvalue weighted by Crippen LogP contribution is -2.79. The highest BCUT2D eigenvalue weighted by molar-refractivity contribution is 6.31. The molecule has 1 aromatic heterocycles. The number of amidine groups is 1. The fourth-order valence-corrected chi connectivity index (χ4v) is 4.88. The summed E-state index contributed by atoms with van der Waals surface area (Å²) in [5, 5.41) is 11.5. The van der Waals surface area contributed by atoms with Crippen LogP contribution in [0.5, 0.6) is 0 Å². The molecule has 12 heteroatoms. The maximum absolute atomic E-state index is 14.5. The number of amides is 1. The van der Waals surface area contributed by atoms with Crippen LogP contribution in [0, 0.1) is 17.0 Å². The van der Waals surface area contributed by atoms with Crippen LogP contribution in [0.2, 0.25) is 5.02 Å². The van der Waals surface area contributed by atoms with Crippen molar-refractivity contribution in [1.29, 1.82) is 5.41 Å². The third kappa shape index (κ3) is 4.69. The van der Waals surface area contributed by atoms with Gasteiger partial charge >= 0.3 is 6.09 Å². The fraction of sp³-hybridized carbons (Fsp3) is 0.400. The van der Waals surface area contributed by atoms with Crippen LogP contribution < -0.4 is 21.6 Å². The van der Waals surface area contributed by atoms with Gasteiger partial charge in [-0.25, -0.2) is 18.6 Å². The molecule has 1 spiro atoms. The molecule has 2 saturated heterocycles. The summed E-state index contributed by atoms with van der Waals surface area (Å²) in [6.45, 7) is 7.36. The molecule has 4 N–H and O–H groups in total. The lowest BCUT2D eigenvalue weighted by Gasteiger charge is -2.62. The van der Waals surface area contributed by atoms with Gasteiger partial charge in [0.15, 0.2) is 6.23 Å². The Morgan fingerprint density at radius 1 is 1.27 bits per heavy atom. The minimum absolute atomic E-state index is 0.0453. The summed E-state index contributed by atoms with van der Waals surface area (Å²) in [6.07, 6.45) is 3.36. The highest BCUT2D eigenvalue weighted by Gasteiger charge is 2.57. The van der Waals surface area contributed by atoms with E-state index < -0.39 is 23.5 Å². The minimum atomic E-state index is -0.873. The first-order valence-electron chi connectivity index (χ1n) is 11.7. The van der Waals surface area contributed by atoms with Crippen molar-refractivity contribution in [1.82, 2.24) is 14.8 Å². The highest BCUT2D eigenvalue weighted by Crippen LogP contribution is 2.41. The second kappa shape index (κ2) is 8.84. The van der Waals surface area contributed by atoms with Crippen LogP contribution in [0.1, 0.15) is 32.9 Å². The molecule has 3 aliphatic heterocycles. The molecular formula is C25H27ClF2N6O3. The number of nitrogens with two attached hydrogens (primary N) is 1. The van der Waals surface area contributed by atoms with Gasteiger partial charge in [0.05, 0.1) is 21.9 Å². The summed E-state index contributed by atoms with van der Waals surface area (Å²) in [5.74, 6) is -1.99. The lowest BCUT2D eigenvalue weighted by molar-refractivity contribution is -0.149. The molecule has 2 fully saturated rings. The van der Waals surface area contributed by atoms with Gasteiger partial charge in [-0.1, -0.05) is 11.6 Å². The Bertz CT molecular complexity index is 1420. The third-order valence-electron chi connectivity index (χ3n) is 6.61. The van der Waals surface area contributed by atoms with Crippen molar-refractivity contribution in [3.63, 3.8) is 0 Å². The van der Waals surface area contributed by atoms with Crippen LogP contribution in [0.3, 0.4) is 0 Å². The van der Waals surface area contributed by atoms with Gasteiger partial charge in [0.1, 0.15) is 40.4 Å². The van der Waals surface area contributed by atoms with Crippen LogP contribution >= 0.6 is 11.6 Å². The summed E-state index contributed by atoms with van der Waals surface area (Å²) in [7, 11) is 0. The van der Waals surface area contributed by atoms with Crippen LogP contribution in [-0.4, -0.2) is 63.7 Å². The molecule has 1 aromatic carbocycles. The Kier molecular flexibility index (Phi) is 6.03. The quantitative estimate of drug-likeness (QED) is 0.315. The summed E-state index contributed by atoms with van der Waals surface area (Å²) in [5.41, 5.74) is 5.31. The maximum atomic E-state index is 14.5. The van der Waals surface area contributed by atoms with E-state index in [2.05, 4.69) is 15.2 Å². The van der Waals surface area contributed by atoms with Gasteiger partial charge < -0.3 is 20.5 Å². The molecule has 3 aliphatic rings. The van der Waals surface area contributed by atoms with E-state index in [0.717, 1.165) is 12.5 Å². The summed E-state index contributed by atoms with van der Waals surface area (Å²) in [4.78, 5) is 20.8. The molecule has 196 valence electrons. The Morgan fingerprint density at radius 2 is 2.00 bits per heavy atom. The molecule has 1 unspecified atom stereocenters. The Balaban J connectivity index is 1.41. The smallest absolute Gasteiger partial charge is 0.410 e. The monoisotopic (exact) mass is 532 g/mol. The predicted molar refractivity (Wildman–Crippen MR) is 135 cm³/mol. The zero-order chi connectivity index (χ0) is 26.7. The molecule has 9 nitrogen and oxygen atoms in total. The molecule has 0 radical (unpaired) electrons. The largest absolute Gasteiger partial charge is 0.477 e. The van der Waals surface area contributed by atoms with E-state index >= 15 is 0 Å². The van der Waals surface area contributed by atoms with E-state index in [1.165, 1.54) is 12.3 Å². The number of carbonyl (C=O) groups excluding carboxylic acids is 1. The van der Waals surface area contributed by atoms with E-state index in [4.69, 9.17) is 32.2 Å². The van der Waals surface area contributed by atoms with Crippen LogP contribution in [0.25, 0.3) is 12.3 Å². The molecule has 0 bridgehead atoms. The van der Waals surface area contributed by atoms with E-state index in [1.807, 2.05) is 26.8 Å². The maximum Gasteiger partial charge on any atom is 0.410 e. The van der Waals surface area contributed by atoms with E-state index in [-0.39, 0.29) is 33.9 Å². The topological polar surface area (TPSA) is 117 Å². The van der Waals surface area contributed by atoms with Gasteiger partial charge in [0.25, 0.3) is 0 Å². The number of anilines is 2. The summed E-state index contributed by atoms with van der Waals surface area (Å²) in [6, 6.07) is 3.35. The minimum Gasteiger partial charge on any atom is -0.477 e. The van der Waals surface area contributed by atoms with Gasteiger partial charge in [0, 0.05) is 30.9 Å². The van der Waals surface area contributed by atoms with Crippen molar-refractivity contribution in [3.8, 4) is 0 Å². The van der Waals surface area contributed by atoms with E-state index in [0.29, 0.717) is 42.0 Å². The number of carbonyl (C=O) groups is 1. The number of rotatable bonds is 4. The summed E-state index contributed by atoms with van der Waals surface area (Å²) >= 11 is 5.86. The van der Waals surface area contributed by atoms with Crippen LogP contribution in [-0.2, 0) is 9.47 Å². The Hall–Kier alpha value is -3.44. The van der Waals surface area contributed by atoms with Gasteiger partial charge in [-0.05, 0) is 45.4 Å². The molecule has 4 heterocycles. The van der Waals surface area contributed by atoms with Crippen LogP contribution in [0.4, 0.5) is 25.0 Å². The number of ether oxygens (including phenoxy) is 2. The van der Waals surface area contributed by atoms with Gasteiger partial charge in [-0.2, -0.15) is 0 Å². The average Bonchev–Trinajstić information content (AvgIpc) is 2.74. The first-order chi connectivity index (χ1) is 17.3. The van der Waals surface area contributed by atoms with Crippen molar-refractivity contribution in [2.75, 3.05) is 25.0 Å². The Labute approximate surface area is 217 Å². The number of nitrogen functional groups attached to an aromatic ring is 1. The zero-order valence-corrected chi connectivity index (χ0v) is 21.3. The highest BCUT2D eigenvalue weighted by atomic mass is 35.5. The first-order valence-corrected chi connectivity index (χ1v) is 12.1. The molecule has 0 aliphatic carbocycles. The number of fused-ring (bicyclic) bond motifs is 1. The fourth-order valence-electron chi connectivity index (χ4n) is 4.71. The molecule has 2 aromatic rings. The number of nitrogens with one attached hydrogen (secondary N) is 2. The van der Waals surface area contributed by atoms with Crippen molar-refractivity contribution >= 4 is 47.2 Å². The number of likely N-dealkylation sites (tertiary alicyclic amines) is 2. The lowest BCUT2D eigenvalue weighted by atomic mass is 9.77. The standard InChI is InChI=1S/C25H27ClF2N6O3/c1-24(2,3)37-23(35)34-5-4-25(34)11-33(12-25)21-6-13-17(9-19(22(29)30)32-20(13)10-36-21)31-18-7-14(26)15(27)8-16(18)28/h6-10,21,31H,4-5,11-12H2,1-3H3,(H3,29,30). The van der Waals surface area contributed by atoms with Gasteiger partial charge in [-0.3, -0.25) is 15.2 Å². The number of halogens is 3. The van der Waals surface area contributed by atoms with Crippen LogP contribution in [0.15, 0.2) is 18.2 Å². The van der Waals surface area contributed by atoms with E-state index in [9.17, 15) is 13.6 Å². The average molecular weight is 533 g/mol.